The van der Waals surface area contributed by atoms with Crippen LogP contribution in [0.25, 0.3) is 0 Å². The van der Waals surface area contributed by atoms with Crippen LogP contribution in [0.3, 0.4) is 0 Å². The fourth-order valence-corrected chi connectivity index (χ4v) is 3.35. The van der Waals surface area contributed by atoms with Gasteiger partial charge in [-0.05, 0) is 45.1 Å². The van der Waals surface area contributed by atoms with Crippen molar-refractivity contribution in [3.8, 4) is 0 Å². The summed E-state index contributed by atoms with van der Waals surface area (Å²) in [6.07, 6.45) is 15.8. The highest BCUT2D eigenvalue weighted by Crippen LogP contribution is 2.19. The quantitative estimate of drug-likeness (QED) is 0.372. The van der Waals surface area contributed by atoms with Gasteiger partial charge in [0.1, 0.15) is 6.10 Å². The van der Waals surface area contributed by atoms with Crippen molar-refractivity contribution in [1.29, 1.82) is 0 Å². The lowest BCUT2D eigenvalue weighted by molar-refractivity contribution is -0.155. The van der Waals surface area contributed by atoms with Crippen LogP contribution in [0.15, 0.2) is 0 Å². The van der Waals surface area contributed by atoms with Crippen molar-refractivity contribution in [2.75, 3.05) is 13.1 Å². The molecule has 23 heavy (non-hydrogen) atoms. The summed E-state index contributed by atoms with van der Waals surface area (Å²) in [4.78, 5) is 12.4. The molecule has 0 amide bonds. The van der Waals surface area contributed by atoms with Crippen LogP contribution in [0.2, 0.25) is 0 Å². The van der Waals surface area contributed by atoms with Crippen molar-refractivity contribution in [3.05, 3.63) is 0 Å². The fourth-order valence-electron chi connectivity index (χ4n) is 3.35. The molecule has 0 bridgehead atoms. The largest absolute Gasteiger partial charge is 0.462 e. The molecule has 3 heteroatoms. The van der Waals surface area contributed by atoms with E-state index in [0.29, 0.717) is 0 Å². The lowest BCUT2D eigenvalue weighted by Gasteiger charge is -2.25. The minimum absolute atomic E-state index is 0.0475. The number of ether oxygens (including phenoxy) is 1. The van der Waals surface area contributed by atoms with Gasteiger partial charge in [0.2, 0.25) is 0 Å². The third kappa shape index (κ3) is 10.0. The van der Waals surface area contributed by atoms with E-state index in [-0.39, 0.29) is 18.0 Å². The van der Waals surface area contributed by atoms with E-state index in [2.05, 4.69) is 19.2 Å². The molecule has 1 rings (SSSR count). The molecular formula is C20H39NO2. The molecule has 0 aliphatic carbocycles. The van der Waals surface area contributed by atoms with Crippen molar-refractivity contribution in [2.24, 2.45) is 5.92 Å². The molecule has 1 heterocycles. The molecule has 2 atom stereocenters. The van der Waals surface area contributed by atoms with Gasteiger partial charge in [-0.25, -0.2) is 0 Å². The van der Waals surface area contributed by atoms with Crippen LogP contribution in [0.4, 0.5) is 0 Å². The predicted molar refractivity (Wildman–Crippen MR) is 97.6 cm³/mol. The first-order valence-electron chi connectivity index (χ1n) is 10.2. The van der Waals surface area contributed by atoms with E-state index in [1.54, 1.807) is 0 Å². The van der Waals surface area contributed by atoms with Crippen molar-refractivity contribution >= 4 is 5.97 Å². The molecule has 0 aromatic heterocycles. The second-order valence-corrected chi connectivity index (χ2v) is 7.15. The van der Waals surface area contributed by atoms with E-state index < -0.39 is 0 Å². The van der Waals surface area contributed by atoms with E-state index in [1.165, 1.54) is 57.8 Å². The first-order chi connectivity index (χ1) is 11.3. The van der Waals surface area contributed by atoms with Gasteiger partial charge in [0.25, 0.3) is 0 Å². The molecule has 1 aliphatic rings. The molecule has 0 aromatic carbocycles. The molecule has 2 unspecified atom stereocenters. The minimum atomic E-state index is 0.0475. The molecule has 0 saturated carbocycles. The highest BCUT2D eigenvalue weighted by Gasteiger charge is 2.24. The maximum Gasteiger partial charge on any atom is 0.310 e. The van der Waals surface area contributed by atoms with E-state index in [4.69, 9.17) is 4.74 Å². The van der Waals surface area contributed by atoms with E-state index in [0.717, 1.165) is 38.8 Å². The fraction of sp³-hybridized carbons (Fsp3) is 0.950. The van der Waals surface area contributed by atoms with Crippen molar-refractivity contribution < 1.29 is 9.53 Å². The van der Waals surface area contributed by atoms with E-state index in [9.17, 15) is 4.79 Å². The summed E-state index contributed by atoms with van der Waals surface area (Å²) < 4.78 is 5.90. The second-order valence-electron chi connectivity index (χ2n) is 7.15. The Hall–Kier alpha value is -0.570. The summed E-state index contributed by atoms with van der Waals surface area (Å²) in [5.74, 6) is 0.133. The Kier molecular flexibility index (Phi) is 12.3. The van der Waals surface area contributed by atoms with Gasteiger partial charge in [-0.1, -0.05) is 58.8 Å². The summed E-state index contributed by atoms with van der Waals surface area (Å²) in [5.41, 5.74) is 0. The van der Waals surface area contributed by atoms with Crippen LogP contribution in [0, 0.1) is 5.92 Å². The monoisotopic (exact) mass is 325 g/mol. The highest BCUT2D eigenvalue weighted by atomic mass is 16.5. The molecule has 1 aliphatic heterocycles. The first kappa shape index (κ1) is 20.5. The Morgan fingerprint density at radius 2 is 1.61 bits per heavy atom. The summed E-state index contributed by atoms with van der Waals surface area (Å²) >= 11 is 0. The van der Waals surface area contributed by atoms with Gasteiger partial charge in [0.15, 0.2) is 0 Å². The highest BCUT2D eigenvalue weighted by molar-refractivity contribution is 5.73. The van der Waals surface area contributed by atoms with Crippen LogP contribution in [0.5, 0.6) is 0 Å². The first-order valence-corrected chi connectivity index (χ1v) is 10.2. The Morgan fingerprint density at radius 3 is 2.17 bits per heavy atom. The Morgan fingerprint density at radius 1 is 1.00 bits per heavy atom. The van der Waals surface area contributed by atoms with Crippen LogP contribution < -0.4 is 5.32 Å². The van der Waals surface area contributed by atoms with Crippen LogP contribution in [-0.4, -0.2) is 25.2 Å². The van der Waals surface area contributed by atoms with Gasteiger partial charge >= 0.3 is 5.97 Å². The van der Waals surface area contributed by atoms with Crippen molar-refractivity contribution in [2.45, 2.75) is 103 Å². The van der Waals surface area contributed by atoms with Crippen LogP contribution >= 0.6 is 0 Å². The minimum Gasteiger partial charge on any atom is -0.462 e. The number of carbonyl (C=O) groups is 1. The summed E-state index contributed by atoms with van der Waals surface area (Å²) in [6.45, 7) is 6.33. The van der Waals surface area contributed by atoms with Gasteiger partial charge in [0, 0.05) is 6.54 Å². The summed E-state index contributed by atoms with van der Waals surface area (Å²) in [7, 11) is 0. The maximum atomic E-state index is 12.4. The molecular weight excluding hydrogens is 286 g/mol. The zero-order chi connectivity index (χ0) is 16.8. The summed E-state index contributed by atoms with van der Waals surface area (Å²) in [5, 5.41) is 3.31. The molecule has 0 spiro atoms. The van der Waals surface area contributed by atoms with Crippen LogP contribution in [-0.2, 0) is 9.53 Å². The van der Waals surface area contributed by atoms with Gasteiger partial charge in [-0.15, -0.1) is 0 Å². The zero-order valence-electron chi connectivity index (χ0n) is 15.6. The predicted octanol–water partition coefficient (Wildman–Crippen LogP) is 5.23. The van der Waals surface area contributed by atoms with E-state index >= 15 is 0 Å². The average molecular weight is 326 g/mol. The van der Waals surface area contributed by atoms with Crippen LogP contribution in [0.1, 0.15) is 97.3 Å². The molecule has 1 N–H and O–H groups in total. The third-order valence-electron chi connectivity index (χ3n) is 4.92. The van der Waals surface area contributed by atoms with Gasteiger partial charge < -0.3 is 10.1 Å². The second kappa shape index (κ2) is 13.8. The standard InChI is InChI=1S/C20H39NO2/c1-3-5-7-9-11-15-19(14-10-8-6-4-2)23-20(22)18-13-12-16-21-17-18/h18-19,21H,3-17H2,1-2H3. The maximum absolute atomic E-state index is 12.4. The van der Waals surface area contributed by atoms with Crippen molar-refractivity contribution in [3.63, 3.8) is 0 Å². The number of esters is 1. The topological polar surface area (TPSA) is 38.3 Å². The molecule has 136 valence electrons. The smallest absolute Gasteiger partial charge is 0.310 e. The lowest BCUT2D eigenvalue weighted by atomic mass is 9.99. The van der Waals surface area contributed by atoms with Gasteiger partial charge in [-0.3, -0.25) is 4.79 Å². The molecule has 1 fully saturated rings. The Labute approximate surface area is 143 Å². The average Bonchev–Trinajstić information content (AvgIpc) is 2.59. The lowest BCUT2D eigenvalue weighted by Crippen LogP contribution is -2.36. The van der Waals surface area contributed by atoms with E-state index in [1.807, 2.05) is 0 Å². The third-order valence-corrected chi connectivity index (χ3v) is 4.92. The molecule has 0 aromatic rings. The normalized spacial score (nSPS) is 19.5. The molecule has 1 saturated heterocycles. The number of unbranched alkanes of at least 4 members (excludes halogenated alkanes) is 7. The van der Waals surface area contributed by atoms with Gasteiger partial charge in [-0.2, -0.15) is 0 Å². The number of carbonyl (C=O) groups excluding carboxylic acids is 1. The number of piperidine rings is 1. The molecule has 3 nitrogen and oxygen atoms in total. The summed E-state index contributed by atoms with van der Waals surface area (Å²) in [6, 6.07) is 0. The van der Waals surface area contributed by atoms with Gasteiger partial charge in [0.05, 0.1) is 5.92 Å². The Bertz CT molecular complexity index is 287. The Balaban J connectivity index is 2.30. The van der Waals surface area contributed by atoms with Crippen molar-refractivity contribution in [1.82, 2.24) is 5.32 Å². The number of hydrogen-bond acceptors (Lipinski definition) is 3. The number of nitrogens with one attached hydrogen (secondary N) is 1. The zero-order valence-corrected chi connectivity index (χ0v) is 15.6. The SMILES string of the molecule is CCCCCCCC(CCCCCC)OC(=O)C1CCCNC1. The number of rotatable bonds is 13. The molecule has 0 radical (unpaired) electrons. The number of hydrogen-bond donors (Lipinski definition) is 1.